The number of aromatic nitrogens is 2. The van der Waals surface area contributed by atoms with Gasteiger partial charge in [-0.05, 0) is 30.3 Å². The maximum atomic E-state index is 12.2. The van der Waals surface area contributed by atoms with Gasteiger partial charge in [0, 0.05) is 11.6 Å². The van der Waals surface area contributed by atoms with Crippen molar-refractivity contribution in [2.24, 2.45) is 0 Å². The van der Waals surface area contributed by atoms with Gasteiger partial charge in [0.2, 0.25) is 0 Å². The number of rotatable bonds is 5. The first kappa shape index (κ1) is 15.7. The van der Waals surface area contributed by atoms with Gasteiger partial charge >= 0.3 is 0 Å². The summed E-state index contributed by atoms with van der Waals surface area (Å²) < 4.78 is 0. The molecule has 0 aliphatic carbocycles. The first-order valence-electron chi connectivity index (χ1n) is 7.60. The molecule has 118 valence electrons. The van der Waals surface area contributed by atoms with Gasteiger partial charge in [-0.1, -0.05) is 48.9 Å². The van der Waals surface area contributed by atoms with Gasteiger partial charge in [0.1, 0.15) is 5.82 Å². The van der Waals surface area contributed by atoms with Crippen molar-refractivity contribution in [1.29, 1.82) is 0 Å². The SMILES string of the molecule is CCN(Cc1ccccc1)Cc1nc2cc(Cl)ccc2c(=O)[nH]1. The smallest absolute Gasteiger partial charge is 0.258 e. The molecule has 0 atom stereocenters. The highest BCUT2D eigenvalue weighted by Gasteiger charge is 2.09. The second-order valence-corrected chi connectivity index (χ2v) is 5.90. The largest absolute Gasteiger partial charge is 0.309 e. The van der Waals surface area contributed by atoms with Crippen molar-refractivity contribution in [3.05, 3.63) is 75.3 Å². The summed E-state index contributed by atoms with van der Waals surface area (Å²) in [6.45, 7) is 4.36. The van der Waals surface area contributed by atoms with Crippen LogP contribution in [0.25, 0.3) is 10.9 Å². The number of fused-ring (bicyclic) bond motifs is 1. The van der Waals surface area contributed by atoms with Crippen LogP contribution in [-0.2, 0) is 13.1 Å². The molecule has 0 saturated heterocycles. The van der Waals surface area contributed by atoms with Crippen molar-refractivity contribution in [1.82, 2.24) is 14.9 Å². The Bertz CT molecular complexity index is 861. The third kappa shape index (κ3) is 3.78. The Kier molecular flexibility index (Phi) is 4.74. The number of nitrogens with one attached hydrogen (secondary N) is 1. The average Bonchev–Trinajstić information content (AvgIpc) is 2.54. The lowest BCUT2D eigenvalue weighted by atomic mass is 10.2. The molecule has 0 bridgehead atoms. The molecule has 0 amide bonds. The number of benzene rings is 2. The van der Waals surface area contributed by atoms with Crippen LogP contribution in [-0.4, -0.2) is 21.4 Å². The number of hydrogen-bond acceptors (Lipinski definition) is 3. The normalized spacial score (nSPS) is 11.3. The molecule has 0 aliphatic rings. The monoisotopic (exact) mass is 327 g/mol. The van der Waals surface area contributed by atoms with E-state index in [4.69, 9.17) is 11.6 Å². The molecule has 1 N–H and O–H groups in total. The van der Waals surface area contributed by atoms with E-state index >= 15 is 0 Å². The molecule has 0 unspecified atom stereocenters. The highest BCUT2D eigenvalue weighted by Crippen LogP contribution is 2.15. The number of halogens is 1. The highest BCUT2D eigenvalue weighted by molar-refractivity contribution is 6.31. The van der Waals surface area contributed by atoms with Crippen molar-refractivity contribution < 1.29 is 0 Å². The highest BCUT2D eigenvalue weighted by atomic mass is 35.5. The maximum Gasteiger partial charge on any atom is 0.258 e. The lowest BCUT2D eigenvalue weighted by Gasteiger charge is -2.20. The van der Waals surface area contributed by atoms with E-state index in [1.165, 1.54) is 5.56 Å². The second kappa shape index (κ2) is 6.94. The van der Waals surface area contributed by atoms with Crippen LogP contribution in [0.3, 0.4) is 0 Å². The van der Waals surface area contributed by atoms with Crippen molar-refractivity contribution in [2.45, 2.75) is 20.0 Å². The standard InChI is InChI=1S/C18H18ClN3O/c1-2-22(11-13-6-4-3-5-7-13)12-17-20-16-10-14(19)8-9-15(16)18(23)21-17/h3-10H,2,11-12H2,1H3,(H,20,21,23). The summed E-state index contributed by atoms with van der Waals surface area (Å²) in [5.41, 5.74) is 1.74. The zero-order valence-corrected chi connectivity index (χ0v) is 13.7. The first-order valence-corrected chi connectivity index (χ1v) is 7.98. The molecule has 1 heterocycles. The molecule has 0 saturated carbocycles. The Morgan fingerprint density at radius 1 is 1.13 bits per heavy atom. The summed E-state index contributed by atoms with van der Waals surface area (Å²) >= 11 is 6.00. The van der Waals surface area contributed by atoms with E-state index in [1.54, 1.807) is 18.2 Å². The van der Waals surface area contributed by atoms with Gasteiger partial charge in [0.05, 0.1) is 17.4 Å². The van der Waals surface area contributed by atoms with Crippen LogP contribution in [0.4, 0.5) is 0 Å². The van der Waals surface area contributed by atoms with E-state index in [2.05, 4.69) is 33.9 Å². The molecule has 3 aromatic rings. The van der Waals surface area contributed by atoms with Crippen LogP contribution < -0.4 is 5.56 Å². The Labute approximate surface area is 139 Å². The van der Waals surface area contributed by atoms with Gasteiger partial charge in [0.15, 0.2) is 0 Å². The molecule has 2 aromatic carbocycles. The predicted octanol–water partition coefficient (Wildman–Crippen LogP) is 3.60. The van der Waals surface area contributed by atoms with E-state index in [-0.39, 0.29) is 5.56 Å². The molecule has 0 spiro atoms. The Hall–Kier alpha value is -2.17. The van der Waals surface area contributed by atoms with Gasteiger partial charge in [-0.3, -0.25) is 9.69 Å². The minimum atomic E-state index is -0.127. The van der Waals surface area contributed by atoms with E-state index in [0.29, 0.717) is 28.3 Å². The van der Waals surface area contributed by atoms with Gasteiger partial charge in [-0.15, -0.1) is 0 Å². The van der Waals surface area contributed by atoms with Gasteiger partial charge < -0.3 is 4.98 Å². The molecule has 0 aliphatic heterocycles. The molecule has 3 rings (SSSR count). The maximum absolute atomic E-state index is 12.2. The molecule has 23 heavy (non-hydrogen) atoms. The van der Waals surface area contributed by atoms with Crippen LogP contribution in [0.5, 0.6) is 0 Å². The molecular weight excluding hydrogens is 310 g/mol. The zero-order chi connectivity index (χ0) is 16.2. The lowest BCUT2D eigenvalue weighted by molar-refractivity contribution is 0.264. The third-order valence-electron chi connectivity index (χ3n) is 3.79. The van der Waals surface area contributed by atoms with Crippen molar-refractivity contribution in [3.8, 4) is 0 Å². The number of hydrogen-bond donors (Lipinski definition) is 1. The van der Waals surface area contributed by atoms with Crippen LogP contribution >= 0.6 is 11.6 Å². The topological polar surface area (TPSA) is 49.0 Å². The van der Waals surface area contributed by atoms with Crippen LogP contribution in [0.2, 0.25) is 5.02 Å². The molecule has 4 nitrogen and oxygen atoms in total. The Morgan fingerprint density at radius 2 is 1.91 bits per heavy atom. The zero-order valence-electron chi connectivity index (χ0n) is 12.9. The lowest BCUT2D eigenvalue weighted by Crippen LogP contribution is -2.25. The molecule has 0 fully saturated rings. The quantitative estimate of drug-likeness (QED) is 0.779. The first-order chi connectivity index (χ1) is 11.2. The van der Waals surface area contributed by atoms with Gasteiger partial charge in [-0.2, -0.15) is 0 Å². The minimum Gasteiger partial charge on any atom is -0.309 e. The van der Waals surface area contributed by atoms with E-state index in [0.717, 1.165) is 13.1 Å². The Balaban J connectivity index is 1.86. The summed E-state index contributed by atoms with van der Waals surface area (Å²) in [6.07, 6.45) is 0. The van der Waals surface area contributed by atoms with Crippen LogP contribution in [0.1, 0.15) is 18.3 Å². The van der Waals surface area contributed by atoms with Crippen molar-refractivity contribution in [2.75, 3.05) is 6.54 Å². The molecule has 1 aromatic heterocycles. The number of aromatic amines is 1. The van der Waals surface area contributed by atoms with E-state index < -0.39 is 0 Å². The average molecular weight is 328 g/mol. The molecular formula is C18H18ClN3O. The van der Waals surface area contributed by atoms with E-state index in [1.807, 2.05) is 18.2 Å². The molecule has 5 heteroatoms. The summed E-state index contributed by atoms with van der Waals surface area (Å²) in [4.78, 5) is 21.8. The Morgan fingerprint density at radius 3 is 2.65 bits per heavy atom. The summed E-state index contributed by atoms with van der Waals surface area (Å²) in [6, 6.07) is 15.4. The summed E-state index contributed by atoms with van der Waals surface area (Å²) in [5.74, 6) is 0.655. The van der Waals surface area contributed by atoms with Crippen LogP contribution in [0.15, 0.2) is 53.3 Å². The van der Waals surface area contributed by atoms with E-state index in [9.17, 15) is 4.79 Å². The fourth-order valence-corrected chi connectivity index (χ4v) is 2.74. The summed E-state index contributed by atoms with van der Waals surface area (Å²) in [7, 11) is 0. The van der Waals surface area contributed by atoms with Crippen LogP contribution in [0, 0.1) is 0 Å². The van der Waals surface area contributed by atoms with Crippen molar-refractivity contribution in [3.63, 3.8) is 0 Å². The van der Waals surface area contributed by atoms with Gasteiger partial charge in [0.25, 0.3) is 5.56 Å². The predicted molar refractivity (Wildman–Crippen MR) is 93.6 cm³/mol. The molecule has 0 radical (unpaired) electrons. The third-order valence-corrected chi connectivity index (χ3v) is 4.02. The number of nitrogens with zero attached hydrogens (tertiary/aromatic N) is 2. The van der Waals surface area contributed by atoms with Crippen molar-refractivity contribution >= 4 is 22.5 Å². The second-order valence-electron chi connectivity index (χ2n) is 5.46. The fourth-order valence-electron chi connectivity index (χ4n) is 2.57. The summed E-state index contributed by atoms with van der Waals surface area (Å²) in [5, 5.41) is 1.14. The minimum absolute atomic E-state index is 0.127. The van der Waals surface area contributed by atoms with Gasteiger partial charge in [-0.25, -0.2) is 4.98 Å². The number of H-pyrrole nitrogens is 1. The fraction of sp³-hybridized carbons (Fsp3) is 0.222.